The van der Waals surface area contributed by atoms with Crippen LogP contribution < -0.4 is 5.46 Å². The van der Waals surface area contributed by atoms with E-state index in [0.29, 0.717) is 0 Å². The van der Waals surface area contributed by atoms with Crippen LogP contribution in [0.3, 0.4) is 0 Å². The molecule has 0 aromatic carbocycles. The Morgan fingerprint density at radius 2 is 1.93 bits per heavy atom. The van der Waals surface area contributed by atoms with E-state index in [1.54, 1.807) is 0 Å². The van der Waals surface area contributed by atoms with Gasteiger partial charge in [-0.2, -0.15) is 13.2 Å². The molecule has 1 heterocycles. The molecule has 0 aliphatic rings. The first-order chi connectivity index (χ1) is 6.34. The fourth-order valence-electron chi connectivity index (χ4n) is 0.921. The van der Waals surface area contributed by atoms with Crippen LogP contribution in [0.1, 0.15) is 5.69 Å². The number of nitrogens with zero attached hydrogens (tertiary/aromatic N) is 1. The summed E-state index contributed by atoms with van der Waals surface area (Å²) in [6, 6.07) is 1.20. The van der Waals surface area contributed by atoms with Gasteiger partial charge < -0.3 is 10.0 Å². The fourth-order valence-corrected chi connectivity index (χ4v) is 1.43. The highest BCUT2D eigenvalue weighted by atomic mass is 79.9. The van der Waals surface area contributed by atoms with Gasteiger partial charge in [-0.1, -0.05) is 15.9 Å². The molecule has 0 spiro atoms. The van der Waals surface area contributed by atoms with E-state index >= 15 is 0 Å². The fraction of sp³-hybridized carbons (Fsp3) is 0.167. The van der Waals surface area contributed by atoms with E-state index in [2.05, 4.69) is 20.9 Å². The summed E-state index contributed by atoms with van der Waals surface area (Å²) < 4.78 is 36.8. The van der Waals surface area contributed by atoms with E-state index in [-0.39, 0.29) is 4.47 Å². The normalized spacial score (nSPS) is 11.6. The van der Waals surface area contributed by atoms with Crippen LogP contribution >= 0.6 is 15.9 Å². The minimum absolute atomic E-state index is 0.0465. The van der Waals surface area contributed by atoms with Crippen molar-refractivity contribution in [2.45, 2.75) is 6.18 Å². The van der Waals surface area contributed by atoms with E-state index in [1.165, 1.54) is 6.07 Å². The lowest BCUT2D eigenvalue weighted by atomic mass is 9.79. The molecular weight excluding hydrogens is 266 g/mol. The van der Waals surface area contributed by atoms with Crippen molar-refractivity contribution < 1.29 is 23.2 Å². The van der Waals surface area contributed by atoms with Crippen LogP contribution in [0.2, 0.25) is 0 Å². The lowest BCUT2D eigenvalue weighted by Gasteiger charge is -2.11. The molecule has 0 saturated heterocycles. The minimum atomic E-state index is -4.71. The first kappa shape index (κ1) is 11.5. The molecule has 1 aromatic heterocycles. The Morgan fingerprint density at radius 1 is 1.36 bits per heavy atom. The third-order valence-corrected chi connectivity index (χ3v) is 2.16. The molecule has 14 heavy (non-hydrogen) atoms. The second kappa shape index (κ2) is 3.88. The second-order valence-corrected chi connectivity index (χ2v) is 3.28. The molecule has 0 bridgehead atoms. The highest BCUT2D eigenvalue weighted by molar-refractivity contribution is 9.10. The van der Waals surface area contributed by atoms with Crippen molar-refractivity contribution in [1.82, 2.24) is 4.98 Å². The zero-order valence-electron chi connectivity index (χ0n) is 6.59. The number of hydrogen-bond acceptors (Lipinski definition) is 3. The van der Waals surface area contributed by atoms with Crippen LogP contribution in [0.15, 0.2) is 16.7 Å². The molecule has 0 radical (unpaired) electrons. The van der Waals surface area contributed by atoms with E-state index in [9.17, 15) is 13.2 Å². The molecule has 8 heteroatoms. The summed E-state index contributed by atoms with van der Waals surface area (Å²) in [6.45, 7) is 0. The van der Waals surface area contributed by atoms with Gasteiger partial charge in [-0.15, -0.1) is 0 Å². The third kappa shape index (κ3) is 2.25. The number of rotatable bonds is 1. The summed E-state index contributed by atoms with van der Waals surface area (Å²) in [6.07, 6.45) is -3.78. The lowest BCUT2D eigenvalue weighted by molar-refractivity contribution is -0.140. The molecule has 0 unspecified atom stereocenters. The standard InChI is InChI=1S/C6H4BBrF3NO2/c8-3-1-2-12-5(6(9,10)11)4(3)7(13)14/h1-2,13-14H. The maximum absolute atomic E-state index is 12.3. The van der Waals surface area contributed by atoms with Gasteiger partial charge in [0.25, 0.3) is 0 Å². The zero-order chi connectivity index (χ0) is 10.9. The molecule has 0 amide bonds. The van der Waals surface area contributed by atoms with Crippen molar-refractivity contribution >= 4 is 28.5 Å². The van der Waals surface area contributed by atoms with Crippen LogP contribution in [0, 0.1) is 0 Å². The Bertz CT molecular complexity index is 344. The SMILES string of the molecule is OB(O)c1c(Br)ccnc1C(F)(F)F. The molecule has 1 aromatic rings. The Labute approximate surface area is 85.9 Å². The molecule has 0 saturated carbocycles. The smallest absolute Gasteiger partial charge is 0.423 e. The van der Waals surface area contributed by atoms with Gasteiger partial charge in [-0.05, 0) is 6.07 Å². The van der Waals surface area contributed by atoms with E-state index in [4.69, 9.17) is 10.0 Å². The Kier molecular flexibility index (Phi) is 3.18. The number of pyridine rings is 1. The van der Waals surface area contributed by atoms with Gasteiger partial charge in [0.1, 0.15) is 5.69 Å². The Hall–Kier alpha value is -0.595. The van der Waals surface area contributed by atoms with Gasteiger partial charge in [0.2, 0.25) is 0 Å². The molecule has 0 aliphatic heterocycles. The summed E-state index contributed by atoms with van der Waals surface area (Å²) in [5, 5.41) is 17.5. The molecule has 0 atom stereocenters. The molecule has 1 rings (SSSR count). The molecule has 0 fully saturated rings. The molecule has 76 valence electrons. The summed E-state index contributed by atoms with van der Waals surface area (Å²) in [5.41, 5.74) is -1.98. The highest BCUT2D eigenvalue weighted by Crippen LogP contribution is 2.27. The number of aromatic nitrogens is 1. The Balaban J connectivity index is 3.36. The van der Waals surface area contributed by atoms with Crippen LogP contribution in [0.25, 0.3) is 0 Å². The van der Waals surface area contributed by atoms with Gasteiger partial charge in [-0.3, -0.25) is 4.98 Å². The van der Waals surface area contributed by atoms with Gasteiger partial charge in [0, 0.05) is 16.1 Å². The first-order valence-corrected chi connectivity index (χ1v) is 4.21. The first-order valence-electron chi connectivity index (χ1n) is 3.41. The van der Waals surface area contributed by atoms with Gasteiger partial charge >= 0.3 is 13.3 Å². The monoisotopic (exact) mass is 269 g/mol. The van der Waals surface area contributed by atoms with Crippen LogP contribution in [0.5, 0.6) is 0 Å². The topological polar surface area (TPSA) is 53.4 Å². The predicted octanol–water partition coefficient (Wildman–Crippen LogP) is 0.543. The largest absolute Gasteiger partial charge is 0.491 e. The second-order valence-electron chi connectivity index (χ2n) is 2.43. The van der Waals surface area contributed by atoms with Gasteiger partial charge in [0.05, 0.1) is 0 Å². The number of alkyl halides is 3. The molecule has 0 aliphatic carbocycles. The minimum Gasteiger partial charge on any atom is -0.423 e. The zero-order valence-corrected chi connectivity index (χ0v) is 8.17. The maximum atomic E-state index is 12.3. The quantitative estimate of drug-likeness (QED) is 0.732. The average Bonchev–Trinajstić information content (AvgIpc) is 2.01. The van der Waals surface area contributed by atoms with Gasteiger partial charge in [0.15, 0.2) is 0 Å². The number of hydrogen-bond donors (Lipinski definition) is 2. The van der Waals surface area contributed by atoms with E-state index < -0.39 is 24.5 Å². The molecular formula is C6H4BBrF3NO2. The highest BCUT2D eigenvalue weighted by Gasteiger charge is 2.39. The third-order valence-electron chi connectivity index (χ3n) is 1.46. The number of halogens is 4. The summed E-state index contributed by atoms with van der Waals surface area (Å²) in [4.78, 5) is 3.06. The van der Waals surface area contributed by atoms with Gasteiger partial charge in [-0.25, -0.2) is 0 Å². The maximum Gasteiger partial charge on any atom is 0.491 e. The van der Waals surface area contributed by atoms with Crippen molar-refractivity contribution in [1.29, 1.82) is 0 Å². The summed E-state index contributed by atoms with van der Waals surface area (Å²) in [5.74, 6) is 0. The van der Waals surface area contributed by atoms with Crippen molar-refractivity contribution in [2.24, 2.45) is 0 Å². The van der Waals surface area contributed by atoms with Crippen LogP contribution in [-0.2, 0) is 6.18 Å². The average molecular weight is 270 g/mol. The lowest BCUT2D eigenvalue weighted by Crippen LogP contribution is -2.38. The van der Waals surface area contributed by atoms with Crippen LogP contribution in [-0.4, -0.2) is 22.2 Å². The predicted molar refractivity (Wildman–Crippen MR) is 46.8 cm³/mol. The van der Waals surface area contributed by atoms with Crippen molar-refractivity contribution in [3.05, 3.63) is 22.4 Å². The summed E-state index contributed by atoms with van der Waals surface area (Å²) in [7, 11) is -2.21. The van der Waals surface area contributed by atoms with Crippen molar-refractivity contribution in [3.8, 4) is 0 Å². The van der Waals surface area contributed by atoms with Crippen molar-refractivity contribution in [3.63, 3.8) is 0 Å². The molecule has 3 nitrogen and oxygen atoms in total. The van der Waals surface area contributed by atoms with E-state index in [1.807, 2.05) is 0 Å². The van der Waals surface area contributed by atoms with E-state index in [0.717, 1.165) is 6.20 Å². The molecule has 2 N–H and O–H groups in total. The van der Waals surface area contributed by atoms with Crippen molar-refractivity contribution in [2.75, 3.05) is 0 Å². The summed E-state index contributed by atoms with van der Waals surface area (Å²) >= 11 is 2.78. The van der Waals surface area contributed by atoms with Crippen LogP contribution in [0.4, 0.5) is 13.2 Å². The Morgan fingerprint density at radius 3 is 2.29 bits per heavy atom.